The van der Waals surface area contributed by atoms with Crippen LogP contribution in [0.4, 0.5) is 8.78 Å². The van der Waals surface area contributed by atoms with Crippen LogP contribution in [-0.2, 0) is 9.59 Å². The Balaban J connectivity index is 1.96. The van der Waals surface area contributed by atoms with Gasteiger partial charge in [0.1, 0.15) is 6.04 Å². The molecule has 1 aromatic rings. The van der Waals surface area contributed by atoms with Crippen molar-refractivity contribution in [1.29, 1.82) is 0 Å². The largest absolute Gasteiger partial charge is 0.368 e. The molecule has 0 aromatic heterocycles. The molecule has 2 amide bonds. The molecule has 114 valence electrons. The highest BCUT2D eigenvalue weighted by atomic mass is 32.2. The number of piperidine rings is 1. The molecule has 0 radical (unpaired) electrons. The number of likely N-dealkylation sites (tertiary alicyclic amines) is 1. The van der Waals surface area contributed by atoms with Crippen molar-refractivity contribution >= 4 is 23.6 Å². The van der Waals surface area contributed by atoms with Crippen molar-refractivity contribution in [3.63, 3.8) is 0 Å². The zero-order valence-electron chi connectivity index (χ0n) is 11.4. The van der Waals surface area contributed by atoms with Gasteiger partial charge in [-0.3, -0.25) is 9.59 Å². The van der Waals surface area contributed by atoms with Crippen LogP contribution in [0.2, 0.25) is 0 Å². The van der Waals surface area contributed by atoms with E-state index in [1.54, 1.807) is 0 Å². The summed E-state index contributed by atoms with van der Waals surface area (Å²) in [6.45, 7) is 0.505. The molecule has 0 aliphatic carbocycles. The molecule has 1 fully saturated rings. The minimum Gasteiger partial charge on any atom is -0.368 e. The summed E-state index contributed by atoms with van der Waals surface area (Å²) in [6, 6.07) is 2.93. The molecule has 2 rings (SSSR count). The summed E-state index contributed by atoms with van der Waals surface area (Å²) in [6.07, 6.45) is 2.29. The highest BCUT2D eigenvalue weighted by Gasteiger charge is 2.30. The zero-order chi connectivity index (χ0) is 15.4. The summed E-state index contributed by atoms with van der Waals surface area (Å²) in [5.74, 6) is -2.51. The number of amides is 2. The lowest BCUT2D eigenvalue weighted by Gasteiger charge is -2.33. The number of thioether (sulfide) groups is 1. The average molecular weight is 314 g/mol. The predicted molar refractivity (Wildman–Crippen MR) is 75.6 cm³/mol. The van der Waals surface area contributed by atoms with Gasteiger partial charge in [-0.2, -0.15) is 0 Å². The molecule has 4 nitrogen and oxygen atoms in total. The Labute approximate surface area is 125 Å². The lowest BCUT2D eigenvalue weighted by molar-refractivity contribution is -0.138. The van der Waals surface area contributed by atoms with Crippen LogP contribution in [0.3, 0.4) is 0 Å². The molecule has 21 heavy (non-hydrogen) atoms. The molecule has 1 aromatic carbocycles. The fourth-order valence-electron chi connectivity index (χ4n) is 2.32. The van der Waals surface area contributed by atoms with Crippen LogP contribution in [0.25, 0.3) is 0 Å². The highest BCUT2D eigenvalue weighted by Crippen LogP contribution is 2.23. The van der Waals surface area contributed by atoms with E-state index in [0.29, 0.717) is 17.9 Å². The second-order valence-electron chi connectivity index (χ2n) is 4.87. The molecule has 7 heteroatoms. The second-order valence-corrected chi connectivity index (χ2v) is 5.91. The number of carbonyl (C=O) groups excluding carboxylic acids is 2. The number of carbonyl (C=O) groups is 2. The van der Waals surface area contributed by atoms with E-state index in [-0.39, 0.29) is 11.7 Å². The topological polar surface area (TPSA) is 63.4 Å². The number of benzene rings is 1. The quantitative estimate of drug-likeness (QED) is 0.864. The lowest BCUT2D eigenvalue weighted by atomic mass is 10.0. The number of rotatable bonds is 4. The maximum absolute atomic E-state index is 13.1. The smallest absolute Gasteiger partial charge is 0.240 e. The van der Waals surface area contributed by atoms with Crippen LogP contribution >= 0.6 is 11.8 Å². The minimum atomic E-state index is -0.944. The normalized spacial score (nSPS) is 18.6. The van der Waals surface area contributed by atoms with Crippen molar-refractivity contribution in [3.05, 3.63) is 29.8 Å². The summed E-state index contributed by atoms with van der Waals surface area (Å²) in [5, 5.41) is 0. The van der Waals surface area contributed by atoms with Gasteiger partial charge in [0.25, 0.3) is 0 Å². The number of nitrogens with two attached hydrogens (primary N) is 1. The van der Waals surface area contributed by atoms with E-state index in [1.165, 1.54) is 11.0 Å². The van der Waals surface area contributed by atoms with Gasteiger partial charge in [-0.15, -0.1) is 11.8 Å². The van der Waals surface area contributed by atoms with E-state index >= 15 is 0 Å². The third-order valence-electron chi connectivity index (χ3n) is 3.40. The van der Waals surface area contributed by atoms with Gasteiger partial charge in [-0.1, -0.05) is 0 Å². The first-order valence-electron chi connectivity index (χ1n) is 6.65. The number of primary amides is 1. The van der Waals surface area contributed by atoms with E-state index in [9.17, 15) is 18.4 Å². The Hall–Kier alpha value is -1.63. The molecule has 1 unspecified atom stereocenters. The standard InChI is InChI=1S/C14H16F2N2O2S/c15-10-5-4-9(7-11(10)16)21-8-13(19)18-6-2-1-3-12(18)14(17)20/h4-5,7,12H,1-3,6,8H2,(H2,17,20). The Morgan fingerprint density at radius 2 is 2.05 bits per heavy atom. The van der Waals surface area contributed by atoms with Crippen LogP contribution in [0.15, 0.2) is 23.1 Å². The van der Waals surface area contributed by atoms with Gasteiger partial charge < -0.3 is 10.6 Å². The van der Waals surface area contributed by atoms with Gasteiger partial charge in [0, 0.05) is 11.4 Å². The number of nitrogens with zero attached hydrogens (tertiary/aromatic N) is 1. The van der Waals surface area contributed by atoms with Crippen molar-refractivity contribution < 1.29 is 18.4 Å². The Bertz CT molecular complexity index is 554. The van der Waals surface area contributed by atoms with Crippen LogP contribution in [0, 0.1) is 11.6 Å². The summed E-state index contributed by atoms with van der Waals surface area (Å²) in [5.41, 5.74) is 5.31. The highest BCUT2D eigenvalue weighted by molar-refractivity contribution is 8.00. The van der Waals surface area contributed by atoms with Crippen LogP contribution in [0.1, 0.15) is 19.3 Å². The Kier molecular flexibility index (Phi) is 5.17. The first kappa shape index (κ1) is 15.8. The van der Waals surface area contributed by atoms with Crippen LogP contribution in [-0.4, -0.2) is 35.1 Å². The van der Waals surface area contributed by atoms with Crippen molar-refractivity contribution in [1.82, 2.24) is 4.90 Å². The van der Waals surface area contributed by atoms with E-state index in [4.69, 9.17) is 5.73 Å². The fraction of sp³-hybridized carbons (Fsp3) is 0.429. The monoisotopic (exact) mass is 314 g/mol. The molecule has 0 spiro atoms. The maximum atomic E-state index is 13.1. The Morgan fingerprint density at radius 3 is 2.71 bits per heavy atom. The van der Waals surface area contributed by atoms with E-state index in [0.717, 1.165) is 36.7 Å². The molecule has 0 saturated carbocycles. The summed E-state index contributed by atoms with van der Waals surface area (Å²) >= 11 is 1.11. The van der Waals surface area contributed by atoms with Crippen LogP contribution < -0.4 is 5.73 Å². The molecule has 1 saturated heterocycles. The Morgan fingerprint density at radius 1 is 1.29 bits per heavy atom. The first-order chi connectivity index (χ1) is 9.99. The van der Waals surface area contributed by atoms with Crippen molar-refractivity contribution in [2.45, 2.75) is 30.2 Å². The van der Waals surface area contributed by atoms with E-state index < -0.39 is 23.6 Å². The molecule has 1 atom stereocenters. The SMILES string of the molecule is NC(=O)C1CCCCN1C(=O)CSc1ccc(F)c(F)c1. The fourth-order valence-corrected chi connectivity index (χ4v) is 3.13. The number of hydrogen-bond acceptors (Lipinski definition) is 3. The zero-order valence-corrected chi connectivity index (χ0v) is 12.2. The third kappa shape index (κ3) is 3.93. The molecule has 1 aliphatic heterocycles. The van der Waals surface area contributed by atoms with Crippen molar-refractivity contribution in [2.24, 2.45) is 5.73 Å². The summed E-state index contributed by atoms with van der Waals surface area (Å²) in [7, 11) is 0. The molecule has 2 N–H and O–H groups in total. The molecular formula is C14H16F2N2O2S. The van der Waals surface area contributed by atoms with E-state index in [2.05, 4.69) is 0 Å². The van der Waals surface area contributed by atoms with Gasteiger partial charge in [-0.25, -0.2) is 8.78 Å². The number of hydrogen-bond donors (Lipinski definition) is 1. The van der Waals surface area contributed by atoms with Gasteiger partial charge in [0.2, 0.25) is 11.8 Å². The molecule has 0 bridgehead atoms. The van der Waals surface area contributed by atoms with Crippen LogP contribution in [0.5, 0.6) is 0 Å². The predicted octanol–water partition coefficient (Wildman–Crippen LogP) is 1.92. The summed E-state index contributed by atoms with van der Waals surface area (Å²) in [4.78, 5) is 25.5. The average Bonchev–Trinajstić information content (AvgIpc) is 2.48. The van der Waals surface area contributed by atoms with Crippen molar-refractivity contribution in [2.75, 3.05) is 12.3 Å². The van der Waals surface area contributed by atoms with Gasteiger partial charge in [-0.05, 0) is 37.5 Å². The third-order valence-corrected chi connectivity index (χ3v) is 4.38. The lowest BCUT2D eigenvalue weighted by Crippen LogP contribution is -2.51. The van der Waals surface area contributed by atoms with Gasteiger partial charge in [0.05, 0.1) is 5.75 Å². The second kappa shape index (κ2) is 6.89. The van der Waals surface area contributed by atoms with Gasteiger partial charge in [0.15, 0.2) is 11.6 Å². The van der Waals surface area contributed by atoms with Crippen molar-refractivity contribution in [3.8, 4) is 0 Å². The minimum absolute atomic E-state index is 0.0643. The van der Waals surface area contributed by atoms with Gasteiger partial charge >= 0.3 is 0 Å². The molecule has 1 heterocycles. The molecular weight excluding hydrogens is 298 g/mol. The maximum Gasteiger partial charge on any atom is 0.240 e. The molecule has 1 aliphatic rings. The summed E-state index contributed by atoms with van der Waals surface area (Å²) < 4.78 is 25.9. The van der Waals surface area contributed by atoms with E-state index in [1.807, 2.05) is 0 Å². The number of halogens is 2. The first-order valence-corrected chi connectivity index (χ1v) is 7.64.